The Morgan fingerprint density at radius 1 is 1.23 bits per heavy atom. The van der Waals surface area contributed by atoms with E-state index in [1.54, 1.807) is 0 Å². The summed E-state index contributed by atoms with van der Waals surface area (Å²) in [6, 6.07) is 10.1. The van der Waals surface area contributed by atoms with E-state index in [4.69, 9.17) is 9.84 Å². The van der Waals surface area contributed by atoms with Crippen LogP contribution in [0, 0.1) is 11.8 Å². The lowest BCUT2D eigenvalue weighted by molar-refractivity contribution is -0.137. The third-order valence-electron chi connectivity index (χ3n) is 4.31. The molecule has 0 radical (unpaired) electrons. The summed E-state index contributed by atoms with van der Waals surface area (Å²) < 4.78 is 5.72. The number of carbonyl (C=O) groups is 1. The SMILES string of the molecule is O=C(O)CCCCC[C@@H](O)[C@@H]1C[C@H]1COCc1ccccc1. The summed E-state index contributed by atoms with van der Waals surface area (Å²) in [6.45, 7) is 1.35. The maximum atomic E-state index is 10.4. The second kappa shape index (κ2) is 8.91. The van der Waals surface area contributed by atoms with Crippen LogP contribution in [0.4, 0.5) is 0 Å². The van der Waals surface area contributed by atoms with Crippen LogP contribution >= 0.6 is 0 Å². The molecule has 1 aliphatic rings. The van der Waals surface area contributed by atoms with E-state index in [9.17, 15) is 9.90 Å². The molecule has 1 aliphatic carbocycles. The molecule has 4 nitrogen and oxygen atoms in total. The number of hydrogen-bond donors (Lipinski definition) is 2. The minimum Gasteiger partial charge on any atom is -0.481 e. The fourth-order valence-corrected chi connectivity index (χ4v) is 2.86. The molecule has 22 heavy (non-hydrogen) atoms. The molecule has 0 saturated heterocycles. The van der Waals surface area contributed by atoms with E-state index in [1.165, 1.54) is 5.56 Å². The van der Waals surface area contributed by atoms with E-state index in [2.05, 4.69) is 12.1 Å². The van der Waals surface area contributed by atoms with Crippen LogP contribution in [0.5, 0.6) is 0 Å². The molecule has 0 spiro atoms. The van der Waals surface area contributed by atoms with Crippen molar-refractivity contribution in [2.24, 2.45) is 11.8 Å². The summed E-state index contributed by atoms with van der Waals surface area (Å²) in [5.74, 6) is 0.117. The highest BCUT2D eigenvalue weighted by atomic mass is 16.5. The second-order valence-electron chi connectivity index (χ2n) is 6.22. The molecule has 0 unspecified atom stereocenters. The van der Waals surface area contributed by atoms with Gasteiger partial charge in [0.15, 0.2) is 0 Å². The van der Waals surface area contributed by atoms with Crippen LogP contribution in [0.3, 0.4) is 0 Å². The van der Waals surface area contributed by atoms with Crippen LogP contribution in [0.15, 0.2) is 30.3 Å². The predicted molar refractivity (Wildman–Crippen MR) is 84.4 cm³/mol. The van der Waals surface area contributed by atoms with E-state index >= 15 is 0 Å². The topological polar surface area (TPSA) is 66.8 Å². The van der Waals surface area contributed by atoms with E-state index in [0.717, 1.165) is 32.3 Å². The number of carboxylic acid groups (broad SMARTS) is 1. The number of benzene rings is 1. The zero-order valence-corrected chi connectivity index (χ0v) is 13.0. The lowest BCUT2D eigenvalue weighted by Gasteiger charge is -2.10. The Morgan fingerprint density at radius 2 is 2.00 bits per heavy atom. The Kier molecular flexibility index (Phi) is 6.87. The van der Waals surface area contributed by atoms with Crippen molar-refractivity contribution >= 4 is 5.97 Å². The summed E-state index contributed by atoms with van der Waals surface area (Å²) in [5.41, 5.74) is 1.18. The van der Waals surface area contributed by atoms with Gasteiger partial charge >= 0.3 is 5.97 Å². The zero-order chi connectivity index (χ0) is 15.8. The average molecular weight is 306 g/mol. The highest BCUT2D eigenvalue weighted by Gasteiger charge is 2.41. The fraction of sp³-hybridized carbons (Fsp3) is 0.611. The van der Waals surface area contributed by atoms with Crippen molar-refractivity contribution in [3.8, 4) is 0 Å². The number of carboxylic acids is 1. The zero-order valence-electron chi connectivity index (χ0n) is 13.0. The minimum atomic E-state index is -0.738. The van der Waals surface area contributed by atoms with Crippen molar-refractivity contribution in [3.63, 3.8) is 0 Å². The highest BCUT2D eigenvalue weighted by molar-refractivity contribution is 5.66. The quantitative estimate of drug-likeness (QED) is 0.616. The van der Waals surface area contributed by atoms with Crippen molar-refractivity contribution in [1.29, 1.82) is 0 Å². The first-order valence-electron chi connectivity index (χ1n) is 8.18. The maximum absolute atomic E-state index is 10.4. The fourth-order valence-electron chi connectivity index (χ4n) is 2.86. The Hall–Kier alpha value is -1.39. The summed E-state index contributed by atoms with van der Waals surface area (Å²) >= 11 is 0. The molecule has 2 rings (SSSR count). The van der Waals surface area contributed by atoms with Crippen molar-refractivity contribution in [3.05, 3.63) is 35.9 Å². The third kappa shape index (κ3) is 6.16. The van der Waals surface area contributed by atoms with Gasteiger partial charge in [0.25, 0.3) is 0 Å². The molecule has 1 aromatic rings. The van der Waals surface area contributed by atoms with Gasteiger partial charge < -0.3 is 14.9 Å². The number of aliphatic carboxylic acids is 1. The molecule has 0 heterocycles. The van der Waals surface area contributed by atoms with Crippen molar-refractivity contribution < 1.29 is 19.7 Å². The normalized spacial score (nSPS) is 21.5. The first kappa shape index (κ1) is 17.0. The highest BCUT2D eigenvalue weighted by Crippen LogP contribution is 2.42. The molecule has 3 atom stereocenters. The number of ether oxygens (including phenoxy) is 1. The maximum Gasteiger partial charge on any atom is 0.303 e. The van der Waals surface area contributed by atoms with Crippen LogP contribution in [-0.2, 0) is 16.1 Å². The van der Waals surface area contributed by atoms with Gasteiger partial charge in [-0.2, -0.15) is 0 Å². The van der Waals surface area contributed by atoms with Gasteiger partial charge in [0, 0.05) is 6.42 Å². The number of aliphatic hydroxyl groups is 1. The Labute approximate surface area is 132 Å². The first-order chi connectivity index (χ1) is 10.7. The summed E-state index contributed by atoms with van der Waals surface area (Å²) in [6.07, 6.45) is 4.29. The van der Waals surface area contributed by atoms with Crippen LogP contribution in [0.25, 0.3) is 0 Å². The summed E-state index contributed by atoms with van der Waals surface area (Å²) in [5, 5.41) is 18.7. The van der Waals surface area contributed by atoms with Gasteiger partial charge in [-0.15, -0.1) is 0 Å². The summed E-state index contributed by atoms with van der Waals surface area (Å²) in [4.78, 5) is 10.4. The van der Waals surface area contributed by atoms with Gasteiger partial charge in [-0.25, -0.2) is 0 Å². The molecular formula is C18H26O4. The number of rotatable bonds is 11. The van der Waals surface area contributed by atoms with E-state index in [0.29, 0.717) is 24.9 Å². The van der Waals surface area contributed by atoms with Crippen LogP contribution < -0.4 is 0 Å². The second-order valence-corrected chi connectivity index (χ2v) is 6.22. The van der Waals surface area contributed by atoms with Crippen molar-refractivity contribution in [1.82, 2.24) is 0 Å². The molecule has 2 N–H and O–H groups in total. The average Bonchev–Trinajstić information content (AvgIpc) is 3.27. The molecule has 1 fully saturated rings. The molecule has 1 aromatic carbocycles. The minimum absolute atomic E-state index is 0.232. The summed E-state index contributed by atoms with van der Waals surface area (Å²) in [7, 11) is 0. The third-order valence-corrected chi connectivity index (χ3v) is 4.31. The van der Waals surface area contributed by atoms with E-state index < -0.39 is 5.97 Å². The number of aliphatic hydroxyl groups excluding tert-OH is 1. The molecule has 4 heteroatoms. The Morgan fingerprint density at radius 3 is 2.73 bits per heavy atom. The van der Waals surface area contributed by atoms with Gasteiger partial charge in [0.1, 0.15) is 0 Å². The smallest absolute Gasteiger partial charge is 0.303 e. The Balaban J connectivity index is 1.50. The van der Waals surface area contributed by atoms with Gasteiger partial charge in [-0.1, -0.05) is 43.2 Å². The molecule has 122 valence electrons. The molecule has 0 aromatic heterocycles. The first-order valence-corrected chi connectivity index (χ1v) is 8.18. The van der Waals surface area contributed by atoms with Crippen LogP contribution in [-0.4, -0.2) is 28.9 Å². The Bertz CT molecular complexity index is 446. The van der Waals surface area contributed by atoms with E-state index in [-0.39, 0.29) is 12.5 Å². The van der Waals surface area contributed by atoms with Gasteiger partial charge in [0.2, 0.25) is 0 Å². The largest absolute Gasteiger partial charge is 0.481 e. The van der Waals surface area contributed by atoms with Crippen molar-refractivity contribution in [2.45, 2.75) is 51.2 Å². The number of hydrogen-bond acceptors (Lipinski definition) is 3. The molecule has 1 saturated carbocycles. The lowest BCUT2D eigenvalue weighted by Crippen LogP contribution is -2.12. The molecule has 0 aliphatic heterocycles. The van der Waals surface area contributed by atoms with Crippen LogP contribution in [0.1, 0.15) is 44.1 Å². The van der Waals surface area contributed by atoms with E-state index in [1.807, 2.05) is 18.2 Å². The monoisotopic (exact) mass is 306 g/mol. The molecule has 0 amide bonds. The van der Waals surface area contributed by atoms with Crippen molar-refractivity contribution in [2.75, 3.05) is 6.61 Å². The van der Waals surface area contributed by atoms with Gasteiger partial charge in [-0.05, 0) is 36.7 Å². The number of unbranched alkanes of at least 4 members (excludes halogenated alkanes) is 2. The molecule has 0 bridgehead atoms. The molecular weight excluding hydrogens is 280 g/mol. The van der Waals surface area contributed by atoms with Gasteiger partial charge in [0.05, 0.1) is 19.3 Å². The predicted octanol–water partition coefficient (Wildman–Crippen LogP) is 3.24. The lowest BCUT2D eigenvalue weighted by atomic mass is 10.0. The standard InChI is InChI=1S/C18H26O4/c19-17(9-5-2-6-10-18(20)21)16-11-15(16)13-22-12-14-7-3-1-4-8-14/h1,3-4,7-8,15-17,19H,2,5-6,9-13H2,(H,20,21)/t15-,16+,17+/m0/s1. The van der Waals surface area contributed by atoms with Gasteiger partial charge in [-0.3, -0.25) is 4.79 Å². The van der Waals surface area contributed by atoms with Crippen LogP contribution in [0.2, 0.25) is 0 Å².